The predicted octanol–water partition coefficient (Wildman–Crippen LogP) is 3.73. The zero-order valence-corrected chi connectivity index (χ0v) is 15.8. The van der Waals surface area contributed by atoms with Gasteiger partial charge in [-0.2, -0.15) is 13.2 Å². The second kappa shape index (κ2) is 7.59. The molecule has 9 heteroatoms. The third-order valence-corrected chi connectivity index (χ3v) is 5.15. The molecule has 5 nitrogen and oxygen atoms in total. The number of halogens is 3. The Hall–Kier alpha value is -2.55. The Balaban J connectivity index is 2.21. The van der Waals surface area contributed by atoms with Gasteiger partial charge in [0.1, 0.15) is 6.54 Å². The summed E-state index contributed by atoms with van der Waals surface area (Å²) in [6.07, 6.45) is -3.49. The number of carbonyl (C=O) groups is 1. The third-order valence-electron chi connectivity index (χ3n) is 4.03. The van der Waals surface area contributed by atoms with Crippen molar-refractivity contribution in [1.82, 2.24) is 0 Å². The van der Waals surface area contributed by atoms with E-state index < -0.39 is 34.2 Å². The molecule has 0 bridgehead atoms. The first-order valence-electron chi connectivity index (χ1n) is 7.90. The summed E-state index contributed by atoms with van der Waals surface area (Å²) in [5.74, 6) is -0.666. The van der Waals surface area contributed by atoms with E-state index in [1.807, 2.05) is 13.0 Å². The maximum Gasteiger partial charge on any atom is 0.416 e. The quantitative estimate of drug-likeness (QED) is 0.832. The van der Waals surface area contributed by atoms with Crippen LogP contribution in [-0.2, 0) is 21.0 Å². The van der Waals surface area contributed by atoms with E-state index in [2.05, 4.69) is 5.32 Å². The molecule has 2 aromatic rings. The van der Waals surface area contributed by atoms with Crippen molar-refractivity contribution in [2.24, 2.45) is 0 Å². The molecule has 0 aromatic heterocycles. The fourth-order valence-corrected chi connectivity index (χ4v) is 3.37. The molecule has 0 unspecified atom stereocenters. The van der Waals surface area contributed by atoms with Crippen LogP contribution in [0.15, 0.2) is 42.5 Å². The highest BCUT2D eigenvalue weighted by Crippen LogP contribution is 2.30. The molecular formula is C18H19F3N2O3S. The average molecular weight is 400 g/mol. The summed E-state index contributed by atoms with van der Waals surface area (Å²) in [5.41, 5.74) is 1.26. The maximum absolute atomic E-state index is 12.6. The molecule has 0 aliphatic rings. The number of alkyl halides is 3. The highest BCUT2D eigenvalue weighted by molar-refractivity contribution is 7.92. The summed E-state index contributed by atoms with van der Waals surface area (Å²) in [5, 5.41) is 2.41. The van der Waals surface area contributed by atoms with Gasteiger partial charge in [-0.1, -0.05) is 12.1 Å². The van der Waals surface area contributed by atoms with E-state index in [-0.39, 0.29) is 5.69 Å². The zero-order chi connectivity index (χ0) is 20.4. The molecule has 146 valence electrons. The van der Waals surface area contributed by atoms with Gasteiger partial charge in [0, 0.05) is 5.69 Å². The van der Waals surface area contributed by atoms with Crippen molar-refractivity contribution in [3.8, 4) is 0 Å². The molecule has 0 spiro atoms. The lowest BCUT2D eigenvalue weighted by molar-refractivity contribution is -0.137. The number of nitrogens with zero attached hydrogens (tertiary/aromatic N) is 1. The van der Waals surface area contributed by atoms with Gasteiger partial charge in [0.25, 0.3) is 0 Å². The molecule has 0 saturated carbocycles. The number of amides is 1. The first-order valence-corrected chi connectivity index (χ1v) is 9.75. The highest BCUT2D eigenvalue weighted by Gasteiger charge is 2.30. The smallest absolute Gasteiger partial charge is 0.325 e. The van der Waals surface area contributed by atoms with Crippen LogP contribution >= 0.6 is 0 Å². The summed E-state index contributed by atoms with van der Waals surface area (Å²) in [6, 6.07) is 9.01. The summed E-state index contributed by atoms with van der Waals surface area (Å²) in [6.45, 7) is 3.07. The average Bonchev–Trinajstić information content (AvgIpc) is 2.54. The molecule has 2 aromatic carbocycles. The Morgan fingerprint density at radius 2 is 1.67 bits per heavy atom. The van der Waals surface area contributed by atoms with Gasteiger partial charge in [0.05, 0.1) is 17.5 Å². The van der Waals surface area contributed by atoms with Gasteiger partial charge < -0.3 is 5.32 Å². The van der Waals surface area contributed by atoms with Gasteiger partial charge in [0.2, 0.25) is 15.9 Å². The third kappa shape index (κ3) is 5.22. The molecule has 1 amide bonds. The standard InChI is InChI=1S/C18H19F3N2O3S/c1-12-5-4-6-16(13(12)2)23(27(3,25)26)11-17(24)22-15-9-7-14(8-10-15)18(19,20)21/h4-10H,11H2,1-3H3,(H,22,24). The Kier molecular flexibility index (Phi) is 5.84. The van der Waals surface area contributed by atoms with Gasteiger partial charge in [0.15, 0.2) is 0 Å². The number of anilines is 2. The van der Waals surface area contributed by atoms with Gasteiger partial charge in [-0.15, -0.1) is 0 Å². The Bertz CT molecular complexity index is 939. The minimum absolute atomic E-state index is 0.141. The minimum Gasteiger partial charge on any atom is -0.325 e. The fourth-order valence-electron chi connectivity index (χ4n) is 2.46. The van der Waals surface area contributed by atoms with Crippen LogP contribution in [0.5, 0.6) is 0 Å². The molecule has 0 heterocycles. The van der Waals surface area contributed by atoms with E-state index >= 15 is 0 Å². The van der Waals surface area contributed by atoms with Gasteiger partial charge in [-0.25, -0.2) is 8.42 Å². The van der Waals surface area contributed by atoms with Gasteiger partial charge in [-0.05, 0) is 55.3 Å². The highest BCUT2D eigenvalue weighted by atomic mass is 32.2. The van der Waals surface area contributed by atoms with Crippen molar-refractivity contribution in [1.29, 1.82) is 0 Å². The fraction of sp³-hybridized carbons (Fsp3) is 0.278. The molecule has 0 aliphatic carbocycles. The molecule has 1 N–H and O–H groups in total. The van der Waals surface area contributed by atoms with Crippen LogP contribution < -0.4 is 9.62 Å². The van der Waals surface area contributed by atoms with Crippen molar-refractivity contribution >= 4 is 27.3 Å². The predicted molar refractivity (Wildman–Crippen MR) is 98.2 cm³/mol. The van der Waals surface area contributed by atoms with E-state index in [9.17, 15) is 26.4 Å². The molecule has 0 radical (unpaired) electrons. The Morgan fingerprint density at radius 1 is 1.07 bits per heavy atom. The summed E-state index contributed by atoms with van der Waals surface area (Å²) < 4.78 is 63.0. The molecular weight excluding hydrogens is 381 g/mol. The van der Waals surface area contributed by atoms with E-state index in [0.717, 1.165) is 40.4 Å². The maximum atomic E-state index is 12.6. The second-order valence-electron chi connectivity index (χ2n) is 6.11. The lowest BCUT2D eigenvalue weighted by Crippen LogP contribution is -2.38. The first kappa shape index (κ1) is 20.8. The molecule has 0 saturated heterocycles. The van der Waals surface area contributed by atoms with E-state index in [1.54, 1.807) is 19.1 Å². The summed E-state index contributed by atoms with van der Waals surface area (Å²) in [7, 11) is -3.75. The van der Waals surface area contributed by atoms with Crippen LogP contribution in [-0.4, -0.2) is 27.1 Å². The van der Waals surface area contributed by atoms with Crippen molar-refractivity contribution < 1.29 is 26.4 Å². The number of carbonyl (C=O) groups excluding carboxylic acids is 1. The van der Waals surface area contributed by atoms with Gasteiger partial charge >= 0.3 is 6.18 Å². The van der Waals surface area contributed by atoms with Crippen LogP contribution in [0.1, 0.15) is 16.7 Å². The van der Waals surface area contributed by atoms with Gasteiger partial charge in [-0.3, -0.25) is 9.10 Å². The molecule has 0 fully saturated rings. The minimum atomic E-state index is -4.47. The second-order valence-corrected chi connectivity index (χ2v) is 8.02. The van der Waals surface area contributed by atoms with E-state index in [0.29, 0.717) is 11.3 Å². The van der Waals surface area contributed by atoms with Crippen LogP contribution in [0.3, 0.4) is 0 Å². The van der Waals surface area contributed by atoms with Crippen LogP contribution in [0.25, 0.3) is 0 Å². The number of rotatable bonds is 5. The van der Waals surface area contributed by atoms with Crippen LogP contribution in [0, 0.1) is 13.8 Å². The number of benzene rings is 2. The van der Waals surface area contributed by atoms with Crippen molar-refractivity contribution in [2.45, 2.75) is 20.0 Å². The lowest BCUT2D eigenvalue weighted by Gasteiger charge is -2.24. The van der Waals surface area contributed by atoms with Crippen LogP contribution in [0.2, 0.25) is 0 Å². The number of hydrogen-bond donors (Lipinski definition) is 1. The number of hydrogen-bond acceptors (Lipinski definition) is 3. The van der Waals surface area contributed by atoms with Crippen molar-refractivity contribution in [2.75, 3.05) is 22.4 Å². The monoisotopic (exact) mass is 400 g/mol. The van der Waals surface area contributed by atoms with Crippen LogP contribution in [0.4, 0.5) is 24.5 Å². The lowest BCUT2D eigenvalue weighted by atomic mass is 10.1. The van der Waals surface area contributed by atoms with Crippen molar-refractivity contribution in [3.05, 3.63) is 59.2 Å². The normalized spacial score (nSPS) is 11.9. The number of aryl methyl sites for hydroxylation is 1. The molecule has 2 rings (SSSR count). The summed E-state index contributed by atoms with van der Waals surface area (Å²) >= 11 is 0. The van der Waals surface area contributed by atoms with E-state index in [4.69, 9.17) is 0 Å². The van der Waals surface area contributed by atoms with E-state index in [1.165, 1.54) is 0 Å². The van der Waals surface area contributed by atoms with Crippen molar-refractivity contribution in [3.63, 3.8) is 0 Å². The Labute approximate surface area is 155 Å². The first-order chi connectivity index (χ1) is 12.4. The molecule has 0 atom stereocenters. The molecule has 27 heavy (non-hydrogen) atoms. The largest absolute Gasteiger partial charge is 0.416 e. The number of sulfonamides is 1. The topological polar surface area (TPSA) is 66.5 Å². The molecule has 0 aliphatic heterocycles. The summed E-state index contributed by atoms with van der Waals surface area (Å²) in [4.78, 5) is 12.3. The Morgan fingerprint density at radius 3 is 2.19 bits per heavy atom. The number of nitrogens with one attached hydrogen (secondary N) is 1. The SMILES string of the molecule is Cc1cccc(N(CC(=O)Nc2ccc(C(F)(F)F)cc2)S(C)(=O)=O)c1C. The zero-order valence-electron chi connectivity index (χ0n) is 15.0.